The molecule has 2 N–H and O–H groups in total. The Morgan fingerprint density at radius 1 is 1.38 bits per heavy atom. The topological polar surface area (TPSA) is 89.3 Å². The second-order valence-electron chi connectivity index (χ2n) is 6.26. The second kappa shape index (κ2) is 10.1. The molecule has 1 amide bonds. The van der Waals surface area contributed by atoms with E-state index in [0.717, 1.165) is 30.9 Å². The average Bonchev–Trinajstić information content (AvgIpc) is 3.14. The van der Waals surface area contributed by atoms with Crippen LogP contribution in [0.3, 0.4) is 0 Å². The first-order valence-corrected chi connectivity index (χ1v) is 8.69. The van der Waals surface area contributed by atoms with Crippen molar-refractivity contribution in [3.05, 3.63) is 30.2 Å². The van der Waals surface area contributed by atoms with E-state index in [1.165, 1.54) is 12.8 Å². The van der Waals surface area contributed by atoms with Crippen molar-refractivity contribution in [3.8, 4) is 17.1 Å². The molecule has 1 aromatic carbocycles. The minimum atomic E-state index is 0. The SMILES string of the molecule is COc1ccc(-c2noc(CCC(=O)NCC3CCCNC3)n2)cc1.Cl. The molecule has 1 aromatic heterocycles. The van der Waals surface area contributed by atoms with Gasteiger partial charge in [-0.1, -0.05) is 5.16 Å². The highest BCUT2D eigenvalue weighted by atomic mass is 35.5. The van der Waals surface area contributed by atoms with Gasteiger partial charge in [0.2, 0.25) is 17.6 Å². The molecule has 2 heterocycles. The molecule has 0 radical (unpaired) electrons. The predicted molar refractivity (Wildman–Crippen MR) is 100 cm³/mol. The number of nitrogens with zero attached hydrogens (tertiary/aromatic N) is 2. The van der Waals surface area contributed by atoms with Gasteiger partial charge in [-0.15, -0.1) is 12.4 Å². The number of carbonyl (C=O) groups excluding carboxylic acids is 1. The molecule has 0 saturated carbocycles. The number of nitrogens with one attached hydrogen (secondary N) is 2. The number of amides is 1. The number of aryl methyl sites for hydroxylation is 1. The van der Waals surface area contributed by atoms with Gasteiger partial charge in [0.05, 0.1) is 7.11 Å². The fourth-order valence-corrected chi connectivity index (χ4v) is 2.88. The number of benzene rings is 1. The van der Waals surface area contributed by atoms with E-state index in [4.69, 9.17) is 9.26 Å². The molecular weight excluding hydrogens is 356 g/mol. The molecule has 1 unspecified atom stereocenters. The van der Waals surface area contributed by atoms with Crippen molar-refractivity contribution >= 4 is 18.3 Å². The number of hydrogen-bond donors (Lipinski definition) is 2. The highest BCUT2D eigenvalue weighted by Gasteiger charge is 2.15. The van der Waals surface area contributed by atoms with E-state index in [0.29, 0.717) is 30.5 Å². The maximum Gasteiger partial charge on any atom is 0.227 e. The number of aromatic nitrogens is 2. The number of carbonyl (C=O) groups is 1. The van der Waals surface area contributed by atoms with E-state index >= 15 is 0 Å². The lowest BCUT2D eigenvalue weighted by atomic mass is 10.00. The number of ether oxygens (including phenoxy) is 1. The molecule has 1 aliphatic heterocycles. The third kappa shape index (κ3) is 5.71. The molecule has 0 spiro atoms. The minimum Gasteiger partial charge on any atom is -0.497 e. The van der Waals surface area contributed by atoms with E-state index in [1.807, 2.05) is 24.3 Å². The Bertz CT molecular complexity index is 684. The molecule has 2 aromatic rings. The van der Waals surface area contributed by atoms with Crippen LogP contribution in [0, 0.1) is 5.92 Å². The number of methoxy groups -OCH3 is 1. The molecule has 142 valence electrons. The van der Waals surface area contributed by atoms with Gasteiger partial charge in [0.1, 0.15) is 5.75 Å². The first-order chi connectivity index (χ1) is 12.2. The summed E-state index contributed by atoms with van der Waals surface area (Å²) in [5.74, 6) is 2.32. The number of hydrogen-bond acceptors (Lipinski definition) is 6. The molecule has 1 saturated heterocycles. The van der Waals surface area contributed by atoms with E-state index < -0.39 is 0 Å². The third-order valence-electron chi connectivity index (χ3n) is 4.37. The van der Waals surface area contributed by atoms with E-state index in [9.17, 15) is 4.79 Å². The van der Waals surface area contributed by atoms with Crippen molar-refractivity contribution in [1.82, 2.24) is 20.8 Å². The number of halogens is 1. The largest absolute Gasteiger partial charge is 0.497 e. The van der Waals surface area contributed by atoms with Gasteiger partial charge in [-0.3, -0.25) is 4.79 Å². The zero-order valence-corrected chi connectivity index (χ0v) is 15.7. The fourth-order valence-electron chi connectivity index (χ4n) is 2.88. The van der Waals surface area contributed by atoms with Gasteiger partial charge in [0, 0.05) is 24.9 Å². The van der Waals surface area contributed by atoms with Crippen LogP contribution >= 0.6 is 12.4 Å². The quantitative estimate of drug-likeness (QED) is 0.765. The normalized spacial score (nSPS) is 16.6. The Hall–Kier alpha value is -2.12. The lowest BCUT2D eigenvalue weighted by molar-refractivity contribution is -0.121. The molecule has 0 bridgehead atoms. The van der Waals surface area contributed by atoms with Crippen LogP contribution < -0.4 is 15.4 Å². The van der Waals surface area contributed by atoms with Gasteiger partial charge in [0.15, 0.2) is 0 Å². The Labute approximate surface area is 159 Å². The van der Waals surface area contributed by atoms with Gasteiger partial charge in [-0.05, 0) is 56.1 Å². The van der Waals surface area contributed by atoms with Gasteiger partial charge in [-0.25, -0.2) is 0 Å². The van der Waals surface area contributed by atoms with Gasteiger partial charge < -0.3 is 19.9 Å². The summed E-state index contributed by atoms with van der Waals surface area (Å²) in [5, 5.41) is 10.3. The molecule has 0 aliphatic carbocycles. The summed E-state index contributed by atoms with van der Waals surface area (Å²) >= 11 is 0. The van der Waals surface area contributed by atoms with Gasteiger partial charge in [0.25, 0.3) is 0 Å². The first-order valence-electron chi connectivity index (χ1n) is 8.69. The van der Waals surface area contributed by atoms with Gasteiger partial charge >= 0.3 is 0 Å². The lowest BCUT2D eigenvalue weighted by Gasteiger charge is -2.22. The molecule has 7 nitrogen and oxygen atoms in total. The Balaban J connectivity index is 0.00000243. The van der Waals surface area contributed by atoms with E-state index in [2.05, 4.69) is 20.8 Å². The van der Waals surface area contributed by atoms with Crippen LogP contribution in [0.1, 0.15) is 25.2 Å². The van der Waals surface area contributed by atoms with Crippen molar-refractivity contribution in [2.24, 2.45) is 5.92 Å². The highest BCUT2D eigenvalue weighted by Crippen LogP contribution is 2.20. The summed E-state index contributed by atoms with van der Waals surface area (Å²) in [6, 6.07) is 7.44. The first kappa shape index (κ1) is 20.2. The Morgan fingerprint density at radius 2 is 2.19 bits per heavy atom. The summed E-state index contributed by atoms with van der Waals surface area (Å²) in [6.45, 7) is 2.79. The monoisotopic (exact) mass is 380 g/mol. The van der Waals surface area contributed by atoms with Crippen LogP contribution in [0.25, 0.3) is 11.4 Å². The van der Waals surface area contributed by atoms with Crippen molar-refractivity contribution in [2.45, 2.75) is 25.7 Å². The predicted octanol–water partition coefficient (Wildman–Crippen LogP) is 2.22. The molecule has 26 heavy (non-hydrogen) atoms. The standard InChI is InChI=1S/C18H24N4O3.ClH/c1-24-15-6-4-14(5-7-15)18-21-17(25-22-18)9-8-16(23)20-12-13-3-2-10-19-11-13;/h4-7,13,19H,2-3,8-12H2,1H3,(H,20,23);1H. The molecule has 1 aliphatic rings. The molecule has 1 atom stereocenters. The van der Waals surface area contributed by atoms with E-state index in [-0.39, 0.29) is 18.3 Å². The minimum absolute atomic E-state index is 0. The van der Waals surface area contributed by atoms with Crippen LogP contribution in [0.15, 0.2) is 28.8 Å². The summed E-state index contributed by atoms with van der Waals surface area (Å²) < 4.78 is 10.4. The summed E-state index contributed by atoms with van der Waals surface area (Å²) in [6.07, 6.45) is 3.14. The Morgan fingerprint density at radius 3 is 2.88 bits per heavy atom. The van der Waals surface area contributed by atoms with Crippen molar-refractivity contribution in [1.29, 1.82) is 0 Å². The summed E-state index contributed by atoms with van der Waals surface area (Å²) in [7, 11) is 1.62. The van der Waals surface area contributed by atoms with E-state index in [1.54, 1.807) is 7.11 Å². The smallest absolute Gasteiger partial charge is 0.227 e. The van der Waals surface area contributed by atoms with Gasteiger partial charge in [-0.2, -0.15) is 4.98 Å². The maximum atomic E-state index is 12.0. The summed E-state index contributed by atoms with van der Waals surface area (Å²) in [5.41, 5.74) is 0.852. The van der Waals surface area contributed by atoms with Crippen molar-refractivity contribution in [2.75, 3.05) is 26.7 Å². The highest BCUT2D eigenvalue weighted by molar-refractivity contribution is 5.85. The molecule has 3 rings (SSSR count). The second-order valence-corrected chi connectivity index (χ2v) is 6.26. The average molecular weight is 381 g/mol. The van der Waals surface area contributed by atoms with Crippen LogP contribution in [0.4, 0.5) is 0 Å². The van der Waals surface area contributed by atoms with Crippen molar-refractivity contribution < 1.29 is 14.1 Å². The third-order valence-corrected chi connectivity index (χ3v) is 4.37. The van der Waals surface area contributed by atoms with Crippen LogP contribution in [-0.4, -0.2) is 42.8 Å². The molecule has 8 heteroatoms. The zero-order chi connectivity index (χ0) is 17.5. The van der Waals surface area contributed by atoms with Crippen LogP contribution in [0.2, 0.25) is 0 Å². The lowest BCUT2D eigenvalue weighted by Crippen LogP contribution is -2.38. The number of piperidine rings is 1. The number of rotatable bonds is 7. The van der Waals surface area contributed by atoms with Crippen LogP contribution in [-0.2, 0) is 11.2 Å². The maximum absolute atomic E-state index is 12.0. The Kier molecular flexibility index (Phi) is 7.87. The molecular formula is C18H25ClN4O3. The molecule has 1 fully saturated rings. The van der Waals surface area contributed by atoms with Crippen molar-refractivity contribution in [3.63, 3.8) is 0 Å². The zero-order valence-electron chi connectivity index (χ0n) is 14.9. The summed E-state index contributed by atoms with van der Waals surface area (Å²) in [4.78, 5) is 16.3. The fraction of sp³-hybridized carbons (Fsp3) is 0.500. The van der Waals surface area contributed by atoms with Crippen LogP contribution in [0.5, 0.6) is 5.75 Å².